The van der Waals surface area contributed by atoms with E-state index in [0.29, 0.717) is 83.7 Å². The number of halogens is 1. The number of likely N-dealkylation sites (tertiary alicyclic amines) is 1. The van der Waals surface area contributed by atoms with Gasteiger partial charge >= 0.3 is 5.97 Å². The summed E-state index contributed by atoms with van der Waals surface area (Å²) in [7, 11) is -9.44. The number of nitrogens with two attached hydrogens (primary N) is 7. The molecule has 130 heavy (non-hydrogen) atoms. The number of nitrogens with one attached hydrogen (secondary N) is 7. The van der Waals surface area contributed by atoms with Gasteiger partial charge in [-0.1, -0.05) is 85.8 Å². The quantitative estimate of drug-likeness (QED) is 0.0204. The predicted molar refractivity (Wildman–Crippen MR) is 488 cm³/mol. The molecule has 0 spiro atoms. The lowest BCUT2D eigenvalue weighted by molar-refractivity contribution is -0.155. The summed E-state index contributed by atoms with van der Waals surface area (Å²) < 4.78 is 100. The third kappa shape index (κ3) is 25.1. The Labute approximate surface area is 746 Å². The van der Waals surface area contributed by atoms with Crippen molar-refractivity contribution in [2.24, 2.45) is 15.4 Å². The predicted octanol–water partition coefficient (Wildman–Crippen LogP) is 7.34. The Morgan fingerprint density at radius 1 is 0.562 bits per heavy atom. The van der Waals surface area contributed by atoms with Crippen LogP contribution in [0.2, 0.25) is 0 Å². The Kier molecular flexibility index (Phi) is 29.4. The first-order chi connectivity index (χ1) is 62.1. The summed E-state index contributed by atoms with van der Waals surface area (Å²) >= 11 is 0. The second kappa shape index (κ2) is 41.2. The Morgan fingerprint density at radius 3 is 1.51 bits per heavy atom. The fourth-order valence-electron chi connectivity index (χ4n) is 13.1. The molecule has 10 heterocycles. The first-order valence-electron chi connectivity index (χ1n) is 40.3. The number of anilines is 15. The van der Waals surface area contributed by atoms with Crippen molar-refractivity contribution < 1.29 is 43.9 Å². The molecule has 16 rings (SSSR count). The number of rotatable bonds is 29. The van der Waals surface area contributed by atoms with E-state index in [4.69, 9.17) is 47.8 Å². The van der Waals surface area contributed by atoms with Crippen LogP contribution in [-0.4, -0.2) is 194 Å². The van der Waals surface area contributed by atoms with Crippen molar-refractivity contribution >= 4 is 124 Å². The molecule has 21 N–H and O–H groups in total. The molecule has 0 amide bonds. The molecule has 0 bridgehead atoms. The highest BCUT2D eigenvalue weighted by atomic mass is 32.2. The summed E-state index contributed by atoms with van der Waals surface area (Å²) in [6.45, 7) is 15.2. The standard InChI is InChI=1S/C28H29N9O3S.C19H25N9O4S.C19H23N7.C16H19FN10O2S/c1-36(24(21-10-6-3-7-11-21)18-40-17-20-8-4-2-5-9-20)25-16-26(32-19-31-25)37-27(29)34-28(35-37)33-22-12-14-23(15-13-22)41(30,38)39;1-11(16(29)32-19(2,3)4)24-14-9-15(23-10-22-14)28-17(20)26-18(27-28)25-12-5-7-13(8-6-12)33(21,30)31;1-2-25-12-10-15(13-25)14-6-8-16(9-7-14)22-19-23-18(20)26(24-19)17-5-3-4-11-21-17;17-12-13(23-10-5-6-20-7-10)21-8-22-14(12)27-15(18)25-16(26-27)24-9-1-3-11(4-2-9)30(19,28)29/h2-16,19,24H,17-18H2,1H3,(H2,30,38,39)(H3,29,33,34,35);5-11H,1-4H3,(H2,21,30,31)(H,22,23,24)(H3,20,25,26,27);3-9,11,15H,2,10,12-13H2,1H3,(H3,20,22,23,24);1-4,8,10,20H,5-7H2,(H2,19,28,29)(H,21,22,23)(H3,18,24,25,26)/t24-;11-;;10-/m10.0/s1. The van der Waals surface area contributed by atoms with Crippen molar-refractivity contribution in [2.75, 3.05) is 106 Å². The molecule has 14 aromatic rings. The van der Waals surface area contributed by atoms with Crippen LogP contribution in [0.3, 0.4) is 0 Å². The number of hydrogen-bond donors (Lipinski definition) is 14. The third-order valence-electron chi connectivity index (χ3n) is 19.7. The monoisotopic (exact) mass is 1830 g/mol. The van der Waals surface area contributed by atoms with Crippen molar-refractivity contribution in [3.63, 3.8) is 0 Å². The van der Waals surface area contributed by atoms with Crippen molar-refractivity contribution in [1.29, 1.82) is 0 Å². The van der Waals surface area contributed by atoms with Crippen molar-refractivity contribution in [3.05, 3.63) is 236 Å². The number of ether oxygens (including phenoxy) is 2. The first-order valence-corrected chi connectivity index (χ1v) is 44.9. The van der Waals surface area contributed by atoms with Gasteiger partial charge in [0.2, 0.25) is 83.5 Å². The molecule has 0 radical (unpaired) electrons. The molecule has 6 aromatic carbocycles. The van der Waals surface area contributed by atoms with Gasteiger partial charge in [-0.15, -0.1) is 20.4 Å². The molecule has 678 valence electrons. The zero-order valence-electron chi connectivity index (χ0n) is 71.1. The molecule has 2 aliphatic rings. The number of nitrogens with zero attached hydrogens (tertiary/aromatic N) is 21. The number of pyridine rings is 1. The van der Waals surface area contributed by atoms with Gasteiger partial charge < -0.3 is 79.4 Å². The number of benzene rings is 6. The number of esters is 1. The second-order valence-corrected chi connectivity index (χ2v) is 35.0. The molecule has 48 heteroatoms. The molecular weight excluding hydrogens is 1730 g/mol. The first kappa shape index (κ1) is 92.7. The van der Waals surface area contributed by atoms with E-state index in [1.807, 2.05) is 78.7 Å². The smallest absolute Gasteiger partial charge is 0.328 e. The van der Waals surface area contributed by atoms with Crippen molar-refractivity contribution in [2.45, 2.75) is 98.4 Å². The minimum Gasteiger partial charge on any atom is -0.458 e. The molecule has 2 fully saturated rings. The fraction of sp³-hybridized carbons (Fsp3) is 0.244. The number of primary sulfonamides is 3. The largest absolute Gasteiger partial charge is 0.458 e. The van der Waals surface area contributed by atoms with Crippen LogP contribution in [0.4, 0.5) is 92.2 Å². The average Bonchev–Trinajstić information content (AvgIpc) is 1.63. The van der Waals surface area contributed by atoms with E-state index in [9.17, 15) is 34.4 Å². The molecule has 1 unspecified atom stereocenters. The molecule has 8 aromatic heterocycles. The molecular formula is C82H96FN35O9S3. The highest BCUT2D eigenvalue weighted by Gasteiger charge is 2.28. The van der Waals surface area contributed by atoms with E-state index in [1.165, 1.54) is 112 Å². The van der Waals surface area contributed by atoms with Crippen LogP contribution in [0, 0.1) is 5.82 Å². The molecule has 2 saturated heterocycles. The van der Waals surface area contributed by atoms with Crippen molar-refractivity contribution in [1.82, 2.24) is 104 Å². The Bertz CT molecular complexity index is 6520. The van der Waals surface area contributed by atoms with Gasteiger partial charge in [-0.2, -0.15) is 43.1 Å². The Morgan fingerprint density at radius 2 is 1.03 bits per heavy atom. The van der Waals surface area contributed by atoms with E-state index < -0.39 is 53.5 Å². The summed E-state index contributed by atoms with van der Waals surface area (Å²) in [6.07, 6.45) is 7.72. The van der Waals surface area contributed by atoms with Gasteiger partial charge in [0.15, 0.2) is 29.1 Å². The minimum atomic E-state index is -3.80. The number of carbonyl (C=O) groups excluding carboxylic acids is 1. The van der Waals surface area contributed by atoms with Gasteiger partial charge in [0.05, 0.1) is 33.9 Å². The lowest BCUT2D eigenvalue weighted by Gasteiger charge is -2.29. The summed E-state index contributed by atoms with van der Waals surface area (Å²) in [4.78, 5) is 62.6. The second-order valence-electron chi connectivity index (χ2n) is 30.3. The van der Waals surface area contributed by atoms with Crippen LogP contribution in [0.15, 0.2) is 228 Å². The maximum Gasteiger partial charge on any atom is 0.328 e. The molecule has 44 nitrogen and oxygen atoms in total. The number of aromatic nitrogens is 19. The van der Waals surface area contributed by atoms with Crippen LogP contribution in [-0.2, 0) is 50.9 Å². The lowest BCUT2D eigenvalue weighted by Crippen LogP contribution is -2.34. The highest BCUT2D eigenvalue weighted by molar-refractivity contribution is 7.89. The van der Waals surface area contributed by atoms with Crippen LogP contribution >= 0.6 is 0 Å². The third-order valence-corrected chi connectivity index (χ3v) is 22.5. The zero-order valence-corrected chi connectivity index (χ0v) is 73.5. The van der Waals surface area contributed by atoms with Gasteiger partial charge in [0.1, 0.15) is 42.3 Å². The normalized spacial score (nSPS) is 14.4. The average molecular weight is 1830 g/mol. The number of likely N-dealkylation sites (N-methyl/N-ethyl adjacent to an activating group) is 2. The van der Waals surface area contributed by atoms with Gasteiger partial charge in [0.25, 0.3) is 0 Å². The van der Waals surface area contributed by atoms with Crippen LogP contribution in [0.1, 0.15) is 76.1 Å². The van der Waals surface area contributed by atoms with E-state index in [2.05, 4.69) is 161 Å². The van der Waals surface area contributed by atoms with Gasteiger partial charge in [-0.25, -0.2) is 80.4 Å². The maximum atomic E-state index is 14.9. The fourth-order valence-corrected chi connectivity index (χ4v) is 14.7. The topological polar surface area (TPSA) is 624 Å². The molecule has 0 aliphatic carbocycles. The lowest BCUT2D eigenvalue weighted by atomic mass is 9.98. The maximum absolute atomic E-state index is 14.9. The number of carbonyl (C=O) groups is 1. The van der Waals surface area contributed by atoms with E-state index in [-0.39, 0.29) is 74.1 Å². The summed E-state index contributed by atoms with van der Waals surface area (Å²) in [6, 6.07) is 54.0. The van der Waals surface area contributed by atoms with Gasteiger partial charge in [-0.05, 0) is 180 Å². The van der Waals surface area contributed by atoms with E-state index in [0.717, 1.165) is 47.6 Å². The van der Waals surface area contributed by atoms with Gasteiger partial charge in [-0.3, -0.25) is 0 Å². The number of nitrogen functional groups attached to an aromatic ring is 4. The zero-order chi connectivity index (χ0) is 92.4. The van der Waals surface area contributed by atoms with Crippen LogP contribution in [0.25, 0.3) is 23.3 Å². The summed E-state index contributed by atoms with van der Waals surface area (Å²) in [5.74, 6) is 3.01. The van der Waals surface area contributed by atoms with E-state index in [1.54, 1.807) is 58.2 Å². The highest BCUT2D eigenvalue weighted by Crippen LogP contribution is 2.32. The molecule has 0 saturated carbocycles. The minimum absolute atomic E-state index is 0.00189. The number of hydrogen-bond acceptors (Lipinski definition) is 37. The molecule has 4 atom stereocenters. The SMILES string of the molecule is CCN1CCC(c2ccc(Nc3nc(N)n(-c4ccccn4)n3)cc2)C1.CN(c1cc(-n2nc(Nc3ccc(S(N)(=O)=O)cc3)nc2N)ncn1)[C@H](COCc1ccccc1)c1ccccc1.C[C@H](Nc1cc(-n2nc(Nc3ccc(S(N)(=O)=O)cc3)nc2N)ncn1)C(=O)OC(C)(C)C.Nc1nc(Nc2ccc(S(N)(=O)=O)cc2)nn1-c1ncnc(N[C@H]2CCNC2)c1F. The summed E-state index contributed by atoms with van der Waals surface area (Å²) in [5, 5.41) is 53.7. The number of sulfonamides is 3. The molecule has 2 aliphatic heterocycles. The summed E-state index contributed by atoms with van der Waals surface area (Å²) in [5.41, 5.74) is 29.4. The van der Waals surface area contributed by atoms with Gasteiger partial charge in [0, 0.05) is 67.3 Å². The Balaban J connectivity index is 0.000000150. The van der Waals surface area contributed by atoms with Crippen LogP contribution < -0.4 is 80.5 Å². The Hall–Kier alpha value is -14.9. The van der Waals surface area contributed by atoms with Crippen molar-refractivity contribution in [3.8, 4) is 23.3 Å². The van der Waals surface area contributed by atoms with E-state index >= 15 is 0 Å². The van der Waals surface area contributed by atoms with Crippen LogP contribution in [0.5, 0.6) is 0 Å².